The topological polar surface area (TPSA) is 101 Å². The van der Waals surface area contributed by atoms with Gasteiger partial charge in [-0.05, 0) is 48.0 Å². The summed E-state index contributed by atoms with van der Waals surface area (Å²) in [5, 5.41) is 15.4. The van der Waals surface area contributed by atoms with Gasteiger partial charge in [-0.25, -0.2) is 0 Å². The molecule has 128 valence electrons. The van der Waals surface area contributed by atoms with E-state index in [9.17, 15) is 9.90 Å². The molecular weight excluding hydrogens is 336 g/mol. The number of hydrogen-bond acceptors (Lipinski definition) is 6. The zero-order chi connectivity index (χ0) is 17.4. The fourth-order valence-electron chi connectivity index (χ4n) is 3.27. The number of carbonyl (C=O) groups excluding carboxylic acids is 1. The number of hydrogen-bond donors (Lipinski definition) is 3. The van der Waals surface area contributed by atoms with Gasteiger partial charge in [-0.2, -0.15) is 4.37 Å². The number of nitrogens with one attached hydrogen (secondary N) is 1. The van der Waals surface area contributed by atoms with Gasteiger partial charge in [0.25, 0.3) is 5.91 Å². The van der Waals surface area contributed by atoms with Gasteiger partial charge in [0, 0.05) is 17.0 Å². The first kappa shape index (κ1) is 16.0. The number of nitrogens with two attached hydrogens (primary N) is 1. The third kappa shape index (κ3) is 3.08. The molecule has 1 aliphatic carbocycles. The molecule has 0 unspecified atom stereocenters. The number of aliphatic hydroxyl groups is 1. The number of amides is 1. The second-order valence-electron chi connectivity index (χ2n) is 6.41. The molecule has 2 heterocycles. The number of anilines is 1. The van der Waals surface area contributed by atoms with E-state index in [1.54, 1.807) is 11.6 Å². The Hall–Kier alpha value is -2.51. The molecule has 1 aromatic carbocycles. The van der Waals surface area contributed by atoms with Crippen molar-refractivity contribution in [3.8, 4) is 0 Å². The molecule has 25 heavy (non-hydrogen) atoms. The molecule has 2 aromatic heterocycles. The van der Waals surface area contributed by atoms with Crippen molar-refractivity contribution in [2.75, 3.05) is 5.73 Å². The number of nitrogen functional groups attached to an aromatic ring is 1. The van der Waals surface area contributed by atoms with E-state index in [1.165, 1.54) is 0 Å². The first-order valence-electron chi connectivity index (χ1n) is 8.15. The molecule has 3 aromatic rings. The van der Waals surface area contributed by atoms with Crippen molar-refractivity contribution in [2.24, 2.45) is 5.92 Å². The van der Waals surface area contributed by atoms with Crippen LogP contribution in [0.15, 0.2) is 41.9 Å². The lowest BCUT2D eigenvalue weighted by Crippen LogP contribution is -2.41. The van der Waals surface area contributed by atoms with Crippen LogP contribution in [0.3, 0.4) is 0 Å². The zero-order valence-electron chi connectivity index (χ0n) is 13.4. The van der Waals surface area contributed by atoms with Crippen molar-refractivity contribution < 1.29 is 9.90 Å². The average Bonchev–Trinajstić information content (AvgIpc) is 3.03. The zero-order valence-corrected chi connectivity index (χ0v) is 14.2. The largest absolute Gasteiger partial charge is 0.393 e. The van der Waals surface area contributed by atoms with Crippen LogP contribution in [0.25, 0.3) is 10.9 Å². The smallest absolute Gasteiger partial charge is 0.256 e. The molecular formula is C18H18N4O2S. The minimum Gasteiger partial charge on any atom is -0.393 e. The van der Waals surface area contributed by atoms with E-state index in [1.807, 2.05) is 30.3 Å². The van der Waals surface area contributed by atoms with Gasteiger partial charge in [-0.1, -0.05) is 18.2 Å². The highest BCUT2D eigenvalue weighted by atomic mass is 32.1. The van der Waals surface area contributed by atoms with Gasteiger partial charge in [0.2, 0.25) is 0 Å². The Kier molecular flexibility index (Phi) is 4.10. The molecule has 1 amide bonds. The minimum atomic E-state index is -0.300. The fourth-order valence-corrected chi connectivity index (χ4v) is 3.87. The third-order valence-electron chi connectivity index (χ3n) is 4.72. The number of carbonyl (C=O) groups is 1. The summed E-state index contributed by atoms with van der Waals surface area (Å²) in [6, 6.07) is 9.70. The Bertz CT molecular complexity index is 920. The lowest BCUT2D eigenvalue weighted by Gasteiger charge is -2.38. The fraction of sp³-hybridized carbons (Fsp3) is 0.278. The Morgan fingerprint density at radius 3 is 2.88 bits per heavy atom. The maximum Gasteiger partial charge on any atom is 0.256 e. The predicted molar refractivity (Wildman–Crippen MR) is 97.2 cm³/mol. The monoisotopic (exact) mass is 354 g/mol. The van der Waals surface area contributed by atoms with Crippen LogP contribution >= 0.6 is 11.5 Å². The molecule has 1 saturated carbocycles. The van der Waals surface area contributed by atoms with Gasteiger partial charge in [0.15, 0.2) is 0 Å². The van der Waals surface area contributed by atoms with Crippen LogP contribution in [0, 0.1) is 5.92 Å². The highest BCUT2D eigenvalue weighted by molar-refractivity contribution is 7.04. The quantitative estimate of drug-likeness (QED) is 0.668. The summed E-state index contributed by atoms with van der Waals surface area (Å²) in [6.07, 6.45) is 2.82. The summed E-state index contributed by atoms with van der Waals surface area (Å²) in [5.41, 5.74) is 8.00. The summed E-state index contributed by atoms with van der Waals surface area (Å²) in [5.74, 6) is 0.173. The summed E-state index contributed by atoms with van der Waals surface area (Å²) >= 11 is 1.16. The van der Waals surface area contributed by atoms with Crippen molar-refractivity contribution in [1.29, 1.82) is 0 Å². The van der Waals surface area contributed by atoms with Crippen molar-refractivity contribution in [3.63, 3.8) is 0 Å². The molecule has 1 atom stereocenters. The van der Waals surface area contributed by atoms with Gasteiger partial charge in [0.05, 0.1) is 23.2 Å². The molecule has 7 heteroatoms. The highest BCUT2D eigenvalue weighted by Gasteiger charge is 2.36. The number of aliphatic hydroxyl groups excluding tert-OH is 1. The highest BCUT2D eigenvalue weighted by Crippen LogP contribution is 2.38. The standard InChI is InChI=1S/C18H18N4O2S/c19-17-14(9-25-22-17)18(24)21-16(11-6-13(23)7-11)12-5-10-3-1-2-4-15(10)20-8-12/h1-5,8-9,11,13,16,23H,6-7H2,(H2,19,22)(H,21,24)/t11?,13?,16-/m0/s1. The van der Waals surface area contributed by atoms with Gasteiger partial charge in [-0.3, -0.25) is 9.78 Å². The number of fused-ring (bicyclic) bond motifs is 1. The average molecular weight is 354 g/mol. The van der Waals surface area contributed by atoms with Crippen molar-refractivity contribution >= 4 is 34.2 Å². The first-order chi connectivity index (χ1) is 12.1. The SMILES string of the molecule is Nc1nscc1C(=O)N[C@H](c1cnc2ccccc2c1)C1CC(O)C1. The Balaban J connectivity index is 1.65. The number of rotatable bonds is 4. The van der Waals surface area contributed by atoms with Crippen molar-refractivity contribution in [2.45, 2.75) is 25.0 Å². The van der Waals surface area contributed by atoms with Crippen LogP contribution in [0.4, 0.5) is 5.82 Å². The molecule has 0 bridgehead atoms. The number of pyridine rings is 1. The molecule has 0 aliphatic heterocycles. The van der Waals surface area contributed by atoms with E-state index in [2.05, 4.69) is 14.7 Å². The van der Waals surface area contributed by atoms with Crippen LogP contribution < -0.4 is 11.1 Å². The number of para-hydroxylation sites is 1. The number of aromatic nitrogens is 2. The van der Waals surface area contributed by atoms with E-state index in [-0.39, 0.29) is 29.8 Å². The summed E-state index contributed by atoms with van der Waals surface area (Å²) < 4.78 is 3.96. The Labute approximate surface area is 148 Å². The second kappa shape index (κ2) is 6.42. The summed E-state index contributed by atoms with van der Waals surface area (Å²) in [4.78, 5) is 17.1. The van der Waals surface area contributed by atoms with Crippen molar-refractivity contribution in [1.82, 2.24) is 14.7 Å². The lowest BCUT2D eigenvalue weighted by molar-refractivity contribution is 0.0235. The van der Waals surface area contributed by atoms with Crippen LogP contribution in [-0.4, -0.2) is 26.5 Å². The number of benzene rings is 1. The summed E-state index contributed by atoms with van der Waals surface area (Å²) in [6.45, 7) is 0. The molecule has 0 saturated heterocycles. The van der Waals surface area contributed by atoms with E-state index in [0.717, 1.165) is 28.0 Å². The molecule has 1 fully saturated rings. The first-order valence-corrected chi connectivity index (χ1v) is 8.99. The maximum atomic E-state index is 12.6. The second-order valence-corrected chi connectivity index (χ2v) is 7.04. The molecule has 0 radical (unpaired) electrons. The molecule has 4 rings (SSSR count). The van der Waals surface area contributed by atoms with Crippen LogP contribution in [0.5, 0.6) is 0 Å². The predicted octanol–water partition coefficient (Wildman–Crippen LogP) is 2.52. The maximum absolute atomic E-state index is 12.6. The van der Waals surface area contributed by atoms with Gasteiger partial charge < -0.3 is 16.2 Å². The van der Waals surface area contributed by atoms with Gasteiger partial charge >= 0.3 is 0 Å². The normalized spacial score (nSPS) is 20.8. The summed E-state index contributed by atoms with van der Waals surface area (Å²) in [7, 11) is 0. The molecule has 6 nitrogen and oxygen atoms in total. The molecule has 0 spiro atoms. The Morgan fingerprint density at radius 2 is 2.16 bits per heavy atom. The minimum absolute atomic E-state index is 0.176. The molecule has 1 aliphatic rings. The van der Waals surface area contributed by atoms with Crippen LogP contribution in [-0.2, 0) is 0 Å². The van der Waals surface area contributed by atoms with Gasteiger partial charge in [-0.15, -0.1) is 0 Å². The van der Waals surface area contributed by atoms with E-state index in [4.69, 9.17) is 5.73 Å². The van der Waals surface area contributed by atoms with E-state index >= 15 is 0 Å². The van der Waals surface area contributed by atoms with Crippen LogP contribution in [0.1, 0.15) is 34.8 Å². The van der Waals surface area contributed by atoms with Gasteiger partial charge in [0.1, 0.15) is 5.82 Å². The Morgan fingerprint density at radius 1 is 1.36 bits per heavy atom. The molecule has 4 N–H and O–H groups in total. The van der Waals surface area contributed by atoms with E-state index in [0.29, 0.717) is 18.4 Å². The van der Waals surface area contributed by atoms with E-state index < -0.39 is 0 Å². The number of nitrogens with zero attached hydrogens (tertiary/aromatic N) is 2. The third-order valence-corrected chi connectivity index (χ3v) is 5.36. The van der Waals surface area contributed by atoms with Crippen LogP contribution in [0.2, 0.25) is 0 Å². The van der Waals surface area contributed by atoms with Crippen molar-refractivity contribution in [3.05, 3.63) is 53.0 Å². The lowest BCUT2D eigenvalue weighted by atomic mass is 9.75.